The lowest BCUT2D eigenvalue weighted by molar-refractivity contribution is -0.389. The number of alkyl halides is 12. The molecule has 0 bridgehead atoms. The molecule has 0 aliphatic heterocycles. The van der Waals surface area contributed by atoms with Crippen LogP contribution in [0.3, 0.4) is 0 Å². The summed E-state index contributed by atoms with van der Waals surface area (Å²) in [6, 6.07) is 49.0. The molecule has 0 fully saturated rings. The number of aryl methyl sites for hydroxylation is 12. The van der Waals surface area contributed by atoms with Crippen LogP contribution in [0, 0.1) is 113 Å². The lowest BCUT2D eigenvalue weighted by atomic mass is 10.1. The summed E-state index contributed by atoms with van der Waals surface area (Å²) in [5.41, 5.74) is 6.57. The summed E-state index contributed by atoms with van der Waals surface area (Å²) < 4.78 is 281. The Morgan fingerprint density at radius 2 is 0.790 bits per heavy atom. The van der Waals surface area contributed by atoms with Gasteiger partial charge in [-0.3, -0.25) is 4.98 Å². The Bertz CT molecular complexity index is 5080. The number of nitro groups is 1. The molecule has 0 radical (unpaired) electrons. The first-order chi connectivity index (χ1) is 58.1. The van der Waals surface area contributed by atoms with Gasteiger partial charge in [0, 0.05) is 36.8 Å². The second kappa shape index (κ2) is 56.3. The van der Waals surface area contributed by atoms with Gasteiger partial charge in [0.05, 0.1) is 16.7 Å². The molecule has 0 amide bonds. The van der Waals surface area contributed by atoms with Crippen molar-refractivity contribution in [2.45, 2.75) is 159 Å². The molecule has 12 rings (SSSR count). The molecule has 31 heteroatoms. The Morgan fingerprint density at radius 1 is 0.323 bits per heavy atom. The summed E-state index contributed by atoms with van der Waals surface area (Å²) >= 11 is 0. The summed E-state index contributed by atoms with van der Waals surface area (Å²) in [6.07, 6.45) is -6.27. The molecule has 8 aromatic carbocycles. The maximum Gasteiger partial charge on any atom is 0.433 e. The molecule has 4 aromatic heterocycles. The third-order valence-electron chi connectivity index (χ3n) is 16.2. The van der Waals surface area contributed by atoms with Crippen molar-refractivity contribution in [3.05, 3.63) is 406 Å². The monoisotopic (exact) mass is 1760 g/mol. The first-order valence-corrected chi connectivity index (χ1v) is 37.8. The lowest BCUT2D eigenvalue weighted by Gasteiger charge is -2.10. The molecule has 8 nitrogen and oxygen atoms in total. The molecule has 0 unspecified atom stereocenters. The van der Waals surface area contributed by atoms with E-state index < -0.39 is 104 Å². The maximum atomic E-state index is 12.6. The van der Waals surface area contributed by atoms with Gasteiger partial charge >= 0.3 is 30.5 Å². The van der Waals surface area contributed by atoms with Gasteiger partial charge in [-0.2, -0.15) is 62.3 Å². The number of hydrogen-bond donors (Lipinski definition) is 0. The van der Waals surface area contributed by atoms with E-state index in [4.69, 9.17) is 5.26 Å². The van der Waals surface area contributed by atoms with E-state index >= 15 is 0 Å². The average molecular weight is 1760 g/mol. The highest BCUT2D eigenvalue weighted by molar-refractivity contribution is 5.31. The van der Waals surface area contributed by atoms with Crippen LogP contribution in [0.4, 0.5) is 107 Å². The summed E-state index contributed by atoms with van der Waals surface area (Å²) in [7, 11) is 0. The zero-order valence-electron chi connectivity index (χ0n) is 69.4. The molecule has 4 heterocycles. The average Bonchev–Trinajstić information content (AvgIpc) is 0.836. The topological polar surface area (TPSA) is 118 Å². The summed E-state index contributed by atoms with van der Waals surface area (Å²) in [5.74, 6) is -6.24. The minimum absolute atomic E-state index is 0.106. The van der Waals surface area contributed by atoms with Crippen LogP contribution in [0.2, 0.25) is 0 Å². The fraction of sp³-hybridized carbons (Fsp3) is 0.258. The number of nitrogens with zero attached hydrogens (tertiary/aromatic N) is 6. The highest BCUT2D eigenvalue weighted by atomic mass is 19.4. The number of nitriles is 1. The predicted octanol–water partition coefficient (Wildman–Crippen LogP) is 28.9. The highest BCUT2D eigenvalue weighted by Crippen LogP contribution is 2.33. The first kappa shape index (κ1) is 110. The SMILES string of the molecule is CCc1cc(F)cc(F)c1.CCc1cc(F)ccc1F.CCc1ccc(C(F)(F)F)cc1.CCc1ccc(F)c(F)c1.CCc1ccc(F)cc1F.CCc1cccc(C(F)(F)F)c1.CCc1cccc(F)c1F.CCc1ccccc1C(F)(F)F.Cc1ccc(C#N)nc1.Cc1ccc(C(F)(F)F)nc1.Cc1ccc(F)nc1.Cc1ccc([N+](=O)[O-])nc1. The minimum atomic E-state index is -4.33. The van der Waals surface area contributed by atoms with Gasteiger partial charge in [0.1, 0.15) is 58.6 Å². The van der Waals surface area contributed by atoms with Crippen LogP contribution in [0.1, 0.15) is 150 Å². The van der Waals surface area contributed by atoms with Crippen molar-refractivity contribution in [1.29, 1.82) is 5.26 Å². The second-order valence-electron chi connectivity index (χ2n) is 25.7. The summed E-state index contributed by atoms with van der Waals surface area (Å²) in [4.78, 5) is 23.6. The van der Waals surface area contributed by atoms with Gasteiger partial charge in [-0.1, -0.05) is 146 Å². The standard InChI is InChI=1S/3C9H9F3.5C8H8F2.C7H6F3N.C7H6N2.C6H6FN.C6H6N2O2/c1-2-7-3-5-8(6-4-7)9(10,11)12;1-2-7-4-3-5-8(6-7)9(10,11)12;1-2-7-5-3-4-6-8(7)9(10,11)12;1-2-6-3-7(9)5-8(10)4-6;1-2-6-5-7(9)3-4-8(6)10;1-2-6-3-4-7(9)5-8(6)10;1-2-6-3-4-7(9)8(10)5-6;1-2-6-4-3-5-7(9)8(6)10;1-5-2-3-6(11-4-5)7(8,9)10;1-6-2-3-7(4-8)9-5-6;1-5-2-3-6(7)8-4-5;1-5-2-3-6(7-4-5)8(9)10/h3*3-6H,2H2,1H3;5*3-5H,2H2,1H3;2-4H,1H3;2-3,5H,1H3;2-4H,1H3;2-4H,1H3. The molecule has 0 spiro atoms. The van der Waals surface area contributed by atoms with Crippen molar-refractivity contribution in [2.75, 3.05) is 0 Å². The van der Waals surface area contributed by atoms with E-state index in [-0.39, 0.29) is 17.5 Å². The molecule has 0 saturated carbocycles. The maximum absolute atomic E-state index is 12.6. The highest BCUT2D eigenvalue weighted by Gasteiger charge is 2.34. The number of aromatic nitrogens is 4. The van der Waals surface area contributed by atoms with Crippen molar-refractivity contribution in [1.82, 2.24) is 19.9 Å². The normalized spacial score (nSPS) is 10.4. The Balaban J connectivity index is 0.000000677. The van der Waals surface area contributed by atoms with Crippen LogP contribution >= 0.6 is 0 Å². The Hall–Kier alpha value is -12.4. The van der Waals surface area contributed by atoms with Gasteiger partial charge in [-0.25, -0.2) is 53.9 Å². The molecule has 0 N–H and O–H groups in total. The van der Waals surface area contributed by atoms with Crippen LogP contribution < -0.4 is 0 Å². The van der Waals surface area contributed by atoms with Crippen LogP contribution in [0.25, 0.3) is 0 Å². The third-order valence-corrected chi connectivity index (χ3v) is 16.2. The zero-order chi connectivity index (χ0) is 94.1. The van der Waals surface area contributed by atoms with Crippen molar-refractivity contribution >= 4 is 5.82 Å². The van der Waals surface area contributed by atoms with Crippen molar-refractivity contribution in [3.63, 3.8) is 0 Å². The van der Waals surface area contributed by atoms with Crippen molar-refractivity contribution in [3.8, 4) is 6.07 Å². The second-order valence-corrected chi connectivity index (χ2v) is 25.7. The van der Waals surface area contributed by atoms with Gasteiger partial charge in [0.15, 0.2) is 23.3 Å². The van der Waals surface area contributed by atoms with Crippen LogP contribution in [0.5, 0.6) is 0 Å². The van der Waals surface area contributed by atoms with Crippen LogP contribution in [0.15, 0.2) is 237 Å². The Labute approximate surface area is 705 Å². The van der Waals surface area contributed by atoms with Crippen LogP contribution in [-0.4, -0.2) is 24.9 Å². The van der Waals surface area contributed by atoms with Gasteiger partial charge in [-0.15, -0.1) is 0 Å². The molecule has 666 valence electrons. The van der Waals surface area contributed by atoms with Crippen molar-refractivity contribution in [2.24, 2.45) is 0 Å². The molecule has 124 heavy (non-hydrogen) atoms. The molecule has 0 atom stereocenters. The zero-order valence-corrected chi connectivity index (χ0v) is 69.4. The molecule has 0 aliphatic rings. The van der Waals surface area contributed by atoms with Gasteiger partial charge in [0.2, 0.25) is 5.95 Å². The van der Waals surface area contributed by atoms with E-state index in [1.54, 1.807) is 76.4 Å². The molecule has 0 saturated heterocycles. The summed E-state index contributed by atoms with van der Waals surface area (Å²) in [6.45, 7) is 21.9. The largest absolute Gasteiger partial charge is 0.433 e. The Morgan fingerprint density at radius 3 is 1.20 bits per heavy atom. The number of hydrogen-bond acceptors (Lipinski definition) is 7. The minimum Gasteiger partial charge on any atom is -0.358 e. The predicted molar refractivity (Wildman–Crippen MR) is 433 cm³/mol. The van der Waals surface area contributed by atoms with Crippen LogP contribution in [-0.2, 0) is 76.1 Å². The molecule has 12 aromatic rings. The van der Waals surface area contributed by atoms with E-state index in [0.29, 0.717) is 77.6 Å². The quantitative estimate of drug-likeness (QED) is 0.0611. The Kier molecular flexibility index (Phi) is 49.8. The fourth-order valence-electron chi connectivity index (χ4n) is 9.21. The van der Waals surface area contributed by atoms with E-state index in [1.165, 1.54) is 116 Å². The first-order valence-electron chi connectivity index (χ1n) is 37.8. The number of rotatable bonds is 9. The number of halogens is 23. The fourth-order valence-corrected chi connectivity index (χ4v) is 9.21. The van der Waals surface area contributed by atoms with E-state index in [2.05, 4.69) is 19.9 Å². The van der Waals surface area contributed by atoms with E-state index in [1.807, 2.05) is 67.5 Å². The van der Waals surface area contributed by atoms with Gasteiger partial charge in [-0.05, 0) is 259 Å². The molecular weight excluding hydrogens is 1670 g/mol. The number of pyridine rings is 4. The summed E-state index contributed by atoms with van der Waals surface area (Å²) in [5, 5.41) is 18.4. The lowest BCUT2D eigenvalue weighted by Crippen LogP contribution is -2.08. The van der Waals surface area contributed by atoms with E-state index in [9.17, 15) is 111 Å². The van der Waals surface area contributed by atoms with E-state index in [0.717, 1.165) is 113 Å². The molecule has 0 aliphatic carbocycles. The smallest absolute Gasteiger partial charge is 0.358 e. The van der Waals surface area contributed by atoms with Crippen molar-refractivity contribution < 1.29 is 106 Å². The number of benzene rings is 8. The molecular formula is C93H91F23N6O2. The van der Waals surface area contributed by atoms with Gasteiger partial charge in [0.25, 0.3) is 0 Å². The third kappa shape index (κ3) is 45.0. The van der Waals surface area contributed by atoms with Gasteiger partial charge < -0.3 is 10.1 Å².